The molecule has 0 radical (unpaired) electrons. The molecule has 0 fully saturated rings. The summed E-state index contributed by atoms with van der Waals surface area (Å²) in [4.78, 5) is 9.79. The van der Waals surface area contributed by atoms with Crippen LogP contribution in [0.4, 0.5) is 11.6 Å². The van der Waals surface area contributed by atoms with E-state index >= 15 is 0 Å². The van der Waals surface area contributed by atoms with Crippen LogP contribution in [0, 0.1) is 0 Å². The molecule has 0 saturated carbocycles. The van der Waals surface area contributed by atoms with Crippen LogP contribution in [0.5, 0.6) is 0 Å². The van der Waals surface area contributed by atoms with E-state index < -0.39 is 0 Å². The van der Waals surface area contributed by atoms with Crippen molar-refractivity contribution in [2.45, 2.75) is 6.42 Å². The molecule has 84 valence electrons. The van der Waals surface area contributed by atoms with Crippen molar-refractivity contribution in [1.82, 2.24) is 9.97 Å². The number of nitrogens with one attached hydrogen (secondary N) is 2. The minimum Gasteiger partial charge on any atom is -0.372 e. The number of hydrogen-bond acceptors (Lipinski definition) is 5. The third kappa shape index (κ3) is 2.93. The van der Waals surface area contributed by atoms with Crippen LogP contribution in [0.3, 0.4) is 0 Å². The van der Waals surface area contributed by atoms with Gasteiger partial charge < -0.3 is 10.6 Å². The van der Waals surface area contributed by atoms with Crippen LogP contribution < -0.4 is 10.6 Å². The maximum atomic E-state index is 4.33. The van der Waals surface area contributed by atoms with E-state index in [2.05, 4.69) is 38.1 Å². The SMILES string of the molecule is CNc1cncc(NCCc2cccs2)n1. The maximum absolute atomic E-state index is 4.33. The number of anilines is 2. The molecule has 0 bridgehead atoms. The molecule has 0 atom stereocenters. The quantitative estimate of drug-likeness (QED) is 0.833. The lowest BCUT2D eigenvalue weighted by Crippen LogP contribution is -2.06. The van der Waals surface area contributed by atoms with E-state index in [1.54, 1.807) is 23.7 Å². The first-order valence-corrected chi connectivity index (χ1v) is 6.02. The third-order valence-corrected chi connectivity index (χ3v) is 3.08. The van der Waals surface area contributed by atoms with E-state index in [0.29, 0.717) is 0 Å². The van der Waals surface area contributed by atoms with E-state index in [1.807, 2.05) is 7.05 Å². The second-order valence-electron chi connectivity index (χ2n) is 3.30. The van der Waals surface area contributed by atoms with Gasteiger partial charge in [0.2, 0.25) is 0 Å². The van der Waals surface area contributed by atoms with E-state index in [9.17, 15) is 0 Å². The molecule has 2 aromatic heterocycles. The maximum Gasteiger partial charge on any atom is 0.146 e. The monoisotopic (exact) mass is 234 g/mol. The number of hydrogen-bond donors (Lipinski definition) is 2. The van der Waals surface area contributed by atoms with E-state index in [0.717, 1.165) is 24.6 Å². The molecule has 0 amide bonds. The predicted octanol–water partition coefficient (Wildman–Crippen LogP) is 2.23. The standard InChI is InChI=1S/C11H14N4S/c1-12-10-7-13-8-11(15-10)14-5-4-9-3-2-6-16-9/h2-3,6-8H,4-5H2,1H3,(H2,12,14,15). The largest absolute Gasteiger partial charge is 0.372 e. The van der Waals surface area contributed by atoms with Crippen LogP contribution in [0.15, 0.2) is 29.9 Å². The molecule has 16 heavy (non-hydrogen) atoms. The summed E-state index contributed by atoms with van der Waals surface area (Å²) in [5.41, 5.74) is 0. The van der Waals surface area contributed by atoms with Crippen molar-refractivity contribution in [3.8, 4) is 0 Å². The molecule has 0 unspecified atom stereocenters. The van der Waals surface area contributed by atoms with Gasteiger partial charge in [-0.2, -0.15) is 0 Å². The summed E-state index contributed by atoms with van der Waals surface area (Å²) >= 11 is 1.78. The van der Waals surface area contributed by atoms with E-state index in [4.69, 9.17) is 0 Å². The fourth-order valence-corrected chi connectivity index (χ4v) is 2.05. The summed E-state index contributed by atoms with van der Waals surface area (Å²) in [6.45, 7) is 0.877. The average molecular weight is 234 g/mol. The summed E-state index contributed by atoms with van der Waals surface area (Å²) in [6, 6.07) is 4.21. The summed E-state index contributed by atoms with van der Waals surface area (Å²) < 4.78 is 0. The van der Waals surface area contributed by atoms with Crippen LogP contribution in [0.25, 0.3) is 0 Å². The Balaban J connectivity index is 1.85. The molecule has 0 aromatic carbocycles. The molecular weight excluding hydrogens is 220 g/mol. The first kappa shape index (κ1) is 10.9. The van der Waals surface area contributed by atoms with Crippen LogP contribution in [0.1, 0.15) is 4.88 Å². The molecule has 4 nitrogen and oxygen atoms in total. The second-order valence-corrected chi connectivity index (χ2v) is 4.33. The summed E-state index contributed by atoms with van der Waals surface area (Å²) in [5, 5.41) is 8.30. The number of rotatable bonds is 5. The number of thiophene rings is 1. The molecule has 5 heteroatoms. The Bertz CT molecular complexity index is 427. The van der Waals surface area contributed by atoms with E-state index in [-0.39, 0.29) is 0 Å². The lowest BCUT2D eigenvalue weighted by molar-refractivity contribution is 1.02. The van der Waals surface area contributed by atoms with Gasteiger partial charge >= 0.3 is 0 Å². The average Bonchev–Trinajstić information content (AvgIpc) is 2.82. The van der Waals surface area contributed by atoms with Gasteiger partial charge in [0.05, 0.1) is 12.4 Å². The Kier molecular flexibility index (Phi) is 3.71. The molecule has 0 saturated heterocycles. The highest BCUT2D eigenvalue weighted by Crippen LogP contribution is 2.10. The second kappa shape index (κ2) is 5.46. The third-order valence-electron chi connectivity index (χ3n) is 2.15. The Morgan fingerprint density at radius 2 is 2.19 bits per heavy atom. The van der Waals surface area contributed by atoms with Crippen molar-refractivity contribution in [1.29, 1.82) is 0 Å². The van der Waals surface area contributed by atoms with Crippen molar-refractivity contribution in [3.05, 3.63) is 34.8 Å². The molecule has 0 aliphatic rings. The summed E-state index contributed by atoms with van der Waals surface area (Å²) in [6.07, 6.45) is 4.45. The van der Waals surface area contributed by atoms with Crippen molar-refractivity contribution in [3.63, 3.8) is 0 Å². The first-order valence-electron chi connectivity index (χ1n) is 5.14. The molecule has 2 heterocycles. The van der Waals surface area contributed by atoms with Gasteiger partial charge in [-0.1, -0.05) is 6.07 Å². The van der Waals surface area contributed by atoms with Crippen LogP contribution in [-0.4, -0.2) is 23.6 Å². The minimum atomic E-state index is 0.779. The predicted molar refractivity (Wildman–Crippen MR) is 68.1 cm³/mol. The van der Waals surface area contributed by atoms with Gasteiger partial charge in [0.15, 0.2) is 0 Å². The van der Waals surface area contributed by atoms with Crippen molar-refractivity contribution in [2.24, 2.45) is 0 Å². The Morgan fingerprint density at radius 3 is 2.94 bits per heavy atom. The Labute approximate surface area is 98.8 Å². The fourth-order valence-electron chi connectivity index (χ4n) is 1.34. The van der Waals surface area contributed by atoms with E-state index in [1.165, 1.54) is 4.88 Å². The van der Waals surface area contributed by atoms with Gasteiger partial charge in [-0.3, -0.25) is 4.98 Å². The first-order chi connectivity index (χ1) is 7.88. The topological polar surface area (TPSA) is 49.8 Å². The lowest BCUT2D eigenvalue weighted by Gasteiger charge is -2.05. The number of nitrogens with zero attached hydrogens (tertiary/aromatic N) is 2. The Morgan fingerprint density at radius 1 is 1.31 bits per heavy atom. The molecular formula is C11H14N4S. The van der Waals surface area contributed by atoms with Crippen molar-refractivity contribution >= 4 is 23.0 Å². The highest BCUT2D eigenvalue weighted by Gasteiger charge is 1.97. The lowest BCUT2D eigenvalue weighted by atomic mass is 10.3. The molecule has 2 aromatic rings. The van der Waals surface area contributed by atoms with Crippen LogP contribution in [-0.2, 0) is 6.42 Å². The smallest absolute Gasteiger partial charge is 0.146 e. The fraction of sp³-hybridized carbons (Fsp3) is 0.273. The van der Waals surface area contributed by atoms with Gasteiger partial charge in [0.25, 0.3) is 0 Å². The molecule has 0 spiro atoms. The van der Waals surface area contributed by atoms with Gasteiger partial charge in [0, 0.05) is 18.5 Å². The zero-order valence-electron chi connectivity index (χ0n) is 9.10. The highest BCUT2D eigenvalue weighted by atomic mass is 32.1. The van der Waals surface area contributed by atoms with Gasteiger partial charge in [-0.05, 0) is 17.9 Å². The molecule has 0 aliphatic carbocycles. The molecule has 0 aliphatic heterocycles. The van der Waals surface area contributed by atoms with Crippen LogP contribution in [0.2, 0.25) is 0 Å². The highest BCUT2D eigenvalue weighted by molar-refractivity contribution is 7.09. The van der Waals surface area contributed by atoms with Gasteiger partial charge in [-0.15, -0.1) is 11.3 Å². The summed E-state index contributed by atoms with van der Waals surface area (Å²) in [5.74, 6) is 1.59. The zero-order chi connectivity index (χ0) is 11.2. The number of aromatic nitrogens is 2. The van der Waals surface area contributed by atoms with Crippen molar-refractivity contribution < 1.29 is 0 Å². The van der Waals surface area contributed by atoms with Crippen LogP contribution >= 0.6 is 11.3 Å². The van der Waals surface area contributed by atoms with Gasteiger partial charge in [0.1, 0.15) is 11.6 Å². The zero-order valence-corrected chi connectivity index (χ0v) is 9.92. The molecule has 2 rings (SSSR count). The molecule has 2 N–H and O–H groups in total. The minimum absolute atomic E-state index is 0.779. The Hall–Kier alpha value is -1.62. The van der Waals surface area contributed by atoms with Gasteiger partial charge in [-0.25, -0.2) is 4.98 Å². The summed E-state index contributed by atoms with van der Waals surface area (Å²) in [7, 11) is 1.83. The normalized spacial score (nSPS) is 10.1. The van der Waals surface area contributed by atoms with Crippen molar-refractivity contribution in [2.75, 3.05) is 24.2 Å².